The maximum absolute atomic E-state index is 12.2. The lowest BCUT2D eigenvalue weighted by molar-refractivity contribution is -0.136. The summed E-state index contributed by atoms with van der Waals surface area (Å²) in [6.45, 7) is 3.02. The maximum Gasteiger partial charge on any atom is 0.313 e. The van der Waals surface area contributed by atoms with Crippen molar-refractivity contribution in [2.75, 3.05) is 19.4 Å². The van der Waals surface area contributed by atoms with E-state index in [2.05, 4.69) is 20.5 Å². The summed E-state index contributed by atoms with van der Waals surface area (Å²) in [5.41, 5.74) is 4.38. The molecule has 0 aliphatic carbocycles. The van der Waals surface area contributed by atoms with E-state index in [4.69, 9.17) is 0 Å². The number of anilines is 1. The second-order valence-electron chi connectivity index (χ2n) is 6.76. The Morgan fingerprint density at radius 2 is 1.93 bits per heavy atom. The first-order valence-corrected chi connectivity index (χ1v) is 8.67. The molecule has 2 amide bonds. The molecule has 0 saturated heterocycles. The lowest BCUT2D eigenvalue weighted by atomic mass is 10.1. The van der Waals surface area contributed by atoms with E-state index in [1.807, 2.05) is 45.3 Å². The molecule has 0 bridgehead atoms. The van der Waals surface area contributed by atoms with Crippen molar-refractivity contribution in [2.24, 2.45) is 0 Å². The largest absolute Gasteiger partial charge is 0.344 e. The molecule has 3 rings (SSSR count). The number of benzene rings is 1. The average Bonchev–Trinajstić information content (AvgIpc) is 3.08. The van der Waals surface area contributed by atoms with Crippen LogP contribution >= 0.6 is 0 Å². The summed E-state index contributed by atoms with van der Waals surface area (Å²) in [7, 11) is 4.00. The number of fused-ring (bicyclic) bond motifs is 1. The third kappa shape index (κ3) is 4.71. The Morgan fingerprint density at radius 3 is 2.70 bits per heavy atom. The molecule has 7 nitrogen and oxygen atoms in total. The van der Waals surface area contributed by atoms with Crippen LogP contribution < -0.4 is 10.6 Å². The Labute approximate surface area is 158 Å². The van der Waals surface area contributed by atoms with Crippen LogP contribution in [-0.4, -0.2) is 40.2 Å². The number of carbonyl (C=O) groups is 2. The zero-order valence-corrected chi connectivity index (χ0v) is 15.7. The van der Waals surface area contributed by atoms with E-state index in [0.717, 1.165) is 28.9 Å². The number of rotatable bonds is 5. The van der Waals surface area contributed by atoms with Crippen LogP contribution in [-0.2, 0) is 22.7 Å². The molecule has 27 heavy (non-hydrogen) atoms. The number of hydrogen-bond acceptors (Lipinski definition) is 4. The molecule has 3 aromatic rings. The Bertz CT molecular complexity index is 977. The summed E-state index contributed by atoms with van der Waals surface area (Å²) in [6.07, 6.45) is 5.20. The van der Waals surface area contributed by atoms with Gasteiger partial charge in [-0.1, -0.05) is 24.3 Å². The van der Waals surface area contributed by atoms with Crippen LogP contribution in [0.2, 0.25) is 0 Å². The highest BCUT2D eigenvalue weighted by atomic mass is 16.2. The third-order valence-electron chi connectivity index (χ3n) is 4.08. The Hall–Kier alpha value is -3.19. The zero-order valence-electron chi connectivity index (χ0n) is 15.7. The van der Waals surface area contributed by atoms with Crippen LogP contribution in [0.3, 0.4) is 0 Å². The van der Waals surface area contributed by atoms with Crippen molar-refractivity contribution in [3.05, 3.63) is 65.6 Å². The number of amides is 2. The average molecular weight is 365 g/mol. The monoisotopic (exact) mass is 365 g/mol. The van der Waals surface area contributed by atoms with Gasteiger partial charge in [-0.15, -0.1) is 0 Å². The van der Waals surface area contributed by atoms with Crippen LogP contribution in [0, 0.1) is 6.92 Å². The first-order chi connectivity index (χ1) is 12.9. The van der Waals surface area contributed by atoms with Gasteiger partial charge in [-0.05, 0) is 43.8 Å². The quantitative estimate of drug-likeness (QED) is 0.678. The lowest BCUT2D eigenvalue weighted by Crippen LogP contribution is -2.35. The van der Waals surface area contributed by atoms with Crippen LogP contribution in [0.25, 0.3) is 5.65 Å². The SMILES string of the molecule is Cc1cc(NC(=O)C(=O)NCc2cccc(CN(C)C)c2)cn2ccnc12. The highest BCUT2D eigenvalue weighted by molar-refractivity contribution is 6.39. The fourth-order valence-electron chi connectivity index (χ4n) is 2.93. The normalized spacial score (nSPS) is 11.0. The molecule has 0 aliphatic rings. The lowest BCUT2D eigenvalue weighted by Gasteiger charge is -2.11. The van der Waals surface area contributed by atoms with Crippen molar-refractivity contribution in [3.8, 4) is 0 Å². The van der Waals surface area contributed by atoms with E-state index >= 15 is 0 Å². The smallest absolute Gasteiger partial charge is 0.313 e. The minimum Gasteiger partial charge on any atom is -0.344 e. The summed E-state index contributed by atoms with van der Waals surface area (Å²) >= 11 is 0. The minimum atomic E-state index is -0.696. The van der Waals surface area contributed by atoms with Crippen molar-refractivity contribution >= 4 is 23.1 Å². The molecule has 7 heteroatoms. The van der Waals surface area contributed by atoms with E-state index in [1.54, 1.807) is 29.1 Å². The molecule has 2 N–H and O–H groups in total. The van der Waals surface area contributed by atoms with Crippen LogP contribution in [0.4, 0.5) is 5.69 Å². The van der Waals surface area contributed by atoms with Gasteiger partial charge in [-0.2, -0.15) is 0 Å². The predicted octanol–water partition coefficient (Wildman–Crippen LogP) is 1.96. The topological polar surface area (TPSA) is 78.7 Å². The number of nitrogens with zero attached hydrogens (tertiary/aromatic N) is 3. The molecule has 2 aromatic heterocycles. The highest BCUT2D eigenvalue weighted by Crippen LogP contribution is 2.15. The standard InChI is InChI=1S/C20H23N5O2/c1-14-9-17(13-25-8-7-21-18(14)25)23-20(27)19(26)22-11-15-5-4-6-16(10-15)12-24(2)3/h4-10,13H,11-12H2,1-3H3,(H,22,26)(H,23,27). The van der Waals surface area contributed by atoms with Gasteiger partial charge in [-0.25, -0.2) is 4.98 Å². The van der Waals surface area contributed by atoms with Gasteiger partial charge in [0.25, 0.3) is 0 Å². The molecule has 0 atom stereocenters. The van der Waals surface area contributed by atoms with Crippen LogP contribution in [0.1, 0.15) is 16.7 Å². The molecule has 0 fully saturated rings. The summed E-state index contributed by atoms with van der Waals surface area (Å²) in [5, 5.41) is 5.29. The molecule has 140 valence electrons. The maximum atomic E-state index is 12.2. The van der Waals surface area contributed by atoms with Crippen molar-refractivity contribution in [2.45, 2.75) is 20.0 Å². The molecule has 0 saturated carbocycles. The van der Waals surface area contributed by atoms with Crippen molar-refractivity contribution < 1.29 is 9.59 Å². The summed E-state index contributed by atoms with van der Waals surface area (Å²) < 4.78 is 1.80. The van der Waals surface area contributed by atoms with E-state index in [-0.39, 0.29) is 0 Å². The number of imidazole rings is 1. The fourth-order valence-corrected chi connectivity index (χ4v) is 2.93. The molecule has 0 spiro atoms. The molecule has 0 aliphatic heterocycles. The number of pyridine rings is 1. The first kappa shape index (κ1) is 18.6. The zero-order chi connectivity index (χ0) is 19.4. The van der Waals surface area contributed by atoms with E-state index < -0.39 is 11.8 Å². The molecule has 0 radical (unpaired) electrons. The molecule has 2 heterocycles. The first-order valence-electron chi connectivity index (χ1n) is 8.67. The van der Waals surface area contributed by atoms with Crippen LogP contribution in [0.15, 0.2) is 48.9 Å². The summed E-state index contributed by atoms with van der Waals surface area (Å²) in [5.74, 6) is -1.37. The Morgan fingerprint density at radius 1 is 1.15 bits per heavy atom. The number of nitrogens with one attached hydrogen (secondary N) is 2. The summed E-state index contributed by atoms with van der Waals surface area (Å²) in [6, 6.07) is 9.72. The molecule has 0 unspecified atom stereocenters. The number of aryl methyl sites for hydroxylation is 1. The second-order valence-corrected chi connectivity index (χ2v) is 6.76. The van der Waals surface area contributed by atoms with Gasteiger partial charge >= 0.3 is 11.8 Å². The second kappa shape index (κ2) is 8.01. The van der Waals surface area contributed by atoms with Gasteiger partial charge in [0, 0.05) is 31.7 Å². The van der Waals surface area contributed by atoms with E-state index in [0.29, 0.717) is 12.2 Å². The third-order valence-corrected chi connectivity index (χ3v) is 4.08. The molecular weight excluding hydrogens is 342 g/mol. The van der Waals surface area contributed by atoms with Crippen molar-refractivity contribution in [1.29, 1.82) is 0 Å². The predicted molar refractivity (Wildman–Crippen MR) is 104 cm³/mol. The summed E-state index contributed by atoms with van der Waals surface area (Å²) in [4.78, 5) is 30.6. The highest BCUT2D eigenvalue weighted by Gasteiger charge is 2.14. The Balaban J connectivity index is 1.59. The Kier molecular flexibility index (Phi) is 5.52. The minimum absolute atomic E-state index is 0.299. The van der Waals surface area contributed by atoms with E-state index in [1.165, 1.54) is 0 Å². The van der Waals surface area contributed by atoms with Gasteiger partial charge in [0.05, 0.1) is 5.69 Å². The number of carbonyl (C=O) groups excluding carboxylic acids is 2. The molecule has 1 aromatic carbocycles. The van der Waals surface area contributed by atoms with Gasteiger partial charge in [0.1, 0.15) is 5.65 Å². The number of hydrogen-bond donors (Lipinski definition) is 2. The van der Waals surface area contributed by atoms with Crippen LogP contribution in [0.5, 0.6) is 0 Å². The van der Waals surface area contributed by atoms with Crippen molar-refractivity contribution in [1.82, 2.24) is 19.6 Å². The van der Waals surface area contributed by atoms with E-state index in [9.17, 15) is 9.59 Å². The van der Waals surface area contributed by atoms with Gasteiger partial charge < -0.3 is 19.9 Å². The van der Waals surface area contributed by atoms with Crippen molar-refractivity contribution in [3.63, 3.8) is 0 Å². The number of aromatic nitrogens is 2. The van der Waals surface area contributed by atoms with Gasteiger partial charge in [-0.3, -0.25) is 9.59 Å². The fraction of sp³-hybridized carbons (Fsp3) is 0.250. The van der Waals surface area contributed by atoms with Gasteiger partial charge in [0.15, 0.2) is 0 Å². The van der Waals surface area contributed by atoms with Gasteiger partial charge in [0.2, 0.25) is 0 Å². The molecular formula is C20H23N5O2.